The number of ketones is 1. The van der Waals surface area contributed by atoms with E-state index in [-0.39, 0.29) is 11.7 Å². The summed E-state index contributed by atoms with van der Waals surface area (Å²) in [6, 6.07) is 7.07. The van der Waals surface area contributed by atoms with Gasteiger partial charge in [0.15, 0.2) is 5.78 Å². The van der Waals surface area contributed by atoms with Crippen LogP contribution >= 0.6 is 0 Å². The van der Waals surface area contributed by atoms with Crippen LogP contribution in [-0.2, 0) is 4.79 Å². The second-order valence-electron chi connectivity index (χ2n) is 4.49. The van der Waals surface area contributed by atoms with Gasteiger partial charge in [0.25, 0.3) is 0 Å². The number of carbonyl (C=O) groups excluding carboxylic acids is 2. The number of carbonyl (C=O) groups is 2. The normalized spacial score (nSPS) is 10.1. The molecule has 0 radical (unpaired) electrons. The standard InChI is InChI=1S/C15H21NO2/c1-3-4-5-6-7-15(18)13-8-10-14(11-9-13)16-12(2)17/h8-11H,3-7H2,1-2H3,(H,16,17). The van der Waals surface area contributed by atoms with Gasteiger partial charge >= 0.3 is 0 Å². The van der Waals surface area contributed by atoms with Crippen LogP contribution in [0.15, 0.2) is 24.3 Å². The minimum atomic E-state index is -0.103. The maximum absolute atomic E-state index is 11.9. The van der Waals surface area contributed by atoms with E-state index in [1.807, 2.05) is 0 Å². The number of nitrogens with one attached hydrogen (secondary N) is 1. The van der Waals surface area contributed by atoms with Gasteiger partial charge in [0.05, 0.1) is 0 Å². The summed E-state index contributed by atoms with van der Waals surface area (Å²) in [5.74, 6) is 0.0779. The van der Waals surface area contributed by atoms with E-state index in [9.17, 15) is 9.59 Å². The van der Waals surface area contributed by atoms with Crippen LogP contribution in [0.3, 0.4) is 0 Å². The molecule has 1 aromatic carbocycles. The van der Waals surface area contributed by atoms with Crippen molar-refractivity contribution in [1.82, 2.24) is 0 Å². The lowest BCUT2D eigenvalue weighted by molar-refractivity contribution is -0.114. The molecule has 0 aliphatic carbocycles. The Bertz CT molecular complexity index is 395. The minimum Gasteiger partial charge on any atom is -0.326 e. The van der Waals surface area contributed by atoms with E-state index in [0.29, 0.717) is 6.42 Å². The summed E-state index contributed by atoms with van der Waals surface area (Å²) in [6.07, 6.45) is 5.06. The van der Waals surface area contributed by atoms with Crippen molar-refractivity contribution in [3.63, 3.8) is 0 Å². The van der Waals surface area contributed by atoms with Crippen LogP contribution in [0, 0.1) is 0 Å². The predicted molar refractivity (Wildman–Crippen MR) is 73.8 cm³/mol. The van der Waals surface area contributed by atoms with E-state index in [1.165, 1.54) is 19.8 Å². The molecule has 0 saturated heterocycles. The number of rotatable bonds is 7. The summed E-state index contributed by atoms with van der Waals surface area (Å²) in [7, 11) is 0. The van der Waals surface area contributed by atoms with Crippen molar-refractivity contribution in [1.29, 1.82) is 0 Å². The Kier molecular flexibility index (Phi) is 6.12. The molecule has 1 aromatic rings. The Morgan fingerprint density at radius 2 is 1.72 bits per heavy atom. The number of benzene rings is 1. The largest absolute Gasteiger partial charge is 0.326 e. The average molecular weight is 247 g/mol. The average Bonchev–Trinajstić information content (AvgIpc) is 2.34. The fraction of sp³-hybridized carbons (Fsp3) is 0.467. The van der Waals surface area contributed by atoms with Crippen LogP contribution in [0.1, 0.15) is 56.3 Å². The van der Waals surface area contributed by atoms with E-state index in [2.05, 4.69) is 12.2 Å². The summed E-state index contributed by atoms with van der Waals surface area (Å²) in [5.41, 5.74) is 1.45. The number of hydrogen-bond acceptors (Lipinski definition) is 2. The van der Waals surface area contributed by atoms with Crippen LogP contribution in [0.5, 0.6) is 0 Å². The molecule has 3 heteroatoms. The van der Waals surface area contributed by atoms with E-state index >= 15 is 0 Å². The first kappa shape index (κ1) is 14.4. The molecule has 1 amide bonds. The Morgan fingerprint density at radius 3 is 2.28 bits per heavy atom. The Hall–Kier alpha value is -1.64. The molecular formula is C15H21NO2. The van der Waals surface area contributed by atoms with Crippen molar-refractivity contribution in [2.24, 2.45) is 0 Å². The van der Waals surface area contributed by atoms with Crippen molar-refractivity contribution >= 4 is 17.4 Å². The van der Waals surface area contributed by atoms with E-state index in [1.54, 1.807) is 24.3 Å². The van der Waals surface area contributed by atoms with Crippen molar-refractivity contribution in [2.45, 2.75) is 46.0 Å². The van der Waals surface area contributed by atoms with E-state index < -0.39 is 0 Å². The molecule has 1 rings (SSSR count). The van der Waals surface area contributed by atoms with Crippen molar-refractivity contribution in [3.05, 3.63) is 29.8 Å². The monoisotopic (exact) mass is 247 g/mol. The lowest BCUT2D eigenvalue weighted by atomic mass is 10.0. The summed E-state index contributed by atoms with van der Waals surface area (Å²) in [4.78, 5) is 22.7. The van der Waals surface area contributed by atoms with Crippen molar-refractivity contribution < 1.29 is 9.59 Å². The van der Waals surface area contributed by atoms with Gasteiger partial charge in [0.1, 0.15) is 0 Å². The van der Waals surface area contributed by atoms with Gasteiger partial charge in [-0.25, -0.2) is 0 Å². The highest BCUT2D eigenvalue weighted by atomic mass is 16.1. The van der Waals surface area contributed by atoms with Gasteiger partial charge in [0.2, 0.25) is 5.91 Å². The van der Waals surface area contributed by atoms with Gasteiger partial charge in [0, 0.05) is 24.6 Å². The Balaban J connectivity index is 2.46. The lowest BCUT2D eigenvalue weighted by Gasteiger charge is -2.04. The summed E-state index contributed by atoms with van der Waals surface area (Å²) in [5, 5.41) is 2.68. The molecule has 0 fully saturated rings. The van der Waals surface area contributed by atoms with Crippen LogP contribution in [-0.4, -0.2) is 11.7 Å². The smallest absolute Gasteiger partial charge is 0.221 e. The Morgan fingerprint density at radius 1 is 1.06 bits per heavy atom. The highest BCUT2D eigenvalue weighted by Gasteiger charge is 2.05. The molecular weight excluding hydrogens is 226 g/mol. The number of Topliss-reactive ketones (excluding diaryl/α,β-unsaturated/α-hetero) is 1. The van der Waals surface area contributed by atoms with Gasteiger partial charge < -0.3 is 5.32 Å². The number of anilines is 1. The van der Waals surface area contributed by atoms with Crippen LogP contribution in [0.25, 0.3) is 0 Å². The molecule has 0 atom stereocenters. The number of amides is 1. The zero-order chi connectivity index (χ0) is 13.4. The predicted octanol–water partition coefficient (Wildman–Crippen LogP) is 3.80. The first-order chi connectivity index (χ1) is 8.63. The van der Waals surface area contributed by atoms with Crippen molar-refractivity contribution in [2.75, 3.05) is 5.32 Å². The lowest BCUT2D eigenvalue weighted by Crippen LogP contribution is -2.06. The third-order valence-electron chi connectivity index (χ3n) is 2.78. The molecule has 98 valence electrons. The number of hydrogen-bond donors (Lipinski definition) is 1. The van der Waals surface area contributed by atoms with E-state index in [0.717, 1.165) is 24.1 Å². The maximum Gasteiger partial charge on any atom is 0.221 e. The Labute approximate surface area is 109 Å². The summed E-state index contributed by atoms with van der Waals surface area (Å²) in [6.45, 7) is 3.62. The molecule has 3 nitrogen and oxygen atoms in total. The third kappa shape index (κ3) is 5.13. The highest BCUT2D eigenvalue weighted by molar-refractivity contribution is 5.97. The third-order valence-corrected chi connectivity index (χ3v) is 2.78. The van der Waals surface area contributed by atoms with Gasteiger partial charge in [-0.1, -0.05) is 26.2 Å². The van der Waals surface area contributed by atoms with Gasteiger partial charge in [-0.15, -0.1) is 0 Å². The molecule has 0 heterocycles. The van der Waals surface area contributed by atoms with Crippen LogP contribution in [0.2, 0.25) is 0 Å². The maximum atomic E-state index is 11.9. The molecule has 0 aliphatic heterocycles. The second-order valence-corrected chi connectivity index (χ2v) is 4.49. The molecule has 0 saturated carbocycles. The molecule has 0 bridgehead atoms. The van der Waals surface area contributed by atoms with Crippen LogP contribution in [0.4, 0.5) is 5.69 Å². The summed E-state index contributed by atoms with van der Waals surface area (Å²) < 4.78 is 0. The molecule has 0 spiro atoms. The van der Waals surface area contributed by atoms with Crippen LogP contribution < -0.4 is 5.32 Å². The summed E-state index contributed by atoms with van der Waals surface area (Å²) >= 11 is 0. The zero-order valence-electron chi connectivity index (χ0n) is 11.2. The topological polar surface area (TPSA) is 46.2 Å². The number of unbranched alkanes of at least 4 members (excludes halogenated alkanes) is 3. The van der Waals surface area contributed by atoms with Crippen molar-refractivity contribution in [3.8, 4) is 0 Å². The SMILES string of the molecule is CCCCCCC(=O)c1ccc(NC(C)=O)cc1. The minimum absolute atomic E-state index is 0.103. The molecule has 1 N–H and O–H groups in total. The van der Waals surface area contributed by atoms with E-state index in [4.69, 9.17) is 0 Å². The molecule has 0 unspecified atom stereocenters. The molecule has 18 heavy (non-hydrogen) atoms. The van der Waals surface area contributed by atoms with Gasteiger partial charge in [-0.2, -0.15) is 0 Å². The highest BCUT2D eigenvalue weighted by Crippen LogP contribution is 2.13. The first-order valence-corrected chi connectivity index (χ1v) is 6.54. The quantitative estimate of drug-likeness (QED) is 0.588. The molecule has 0 aromatic heterocycles. The van der Waals surface area contributed by atoms with Gasteiger partial charge in [-0.3, -0.25) is 9.59 Å². The fourth-order valence-corrected chi connectivity index (χ4v) is 1.80. The van der Waals surface area contributed by atoms with Gasteiger partial charge in [-0.05, 0) is 30.7 Å². The zero-order valence-corrected chi connectivity index (χ0v) is 11.2. The fourth-order valence-electron chi connectivity index (χ4n) is 1.80. The first-order valence-electron chi connectivity index (χ1n) is 6.54. The second kappa shape index (κ2) is 7.64. The molecule has 0 aliphatic rings.